The van der Waals surface area contributed by atoms with Crippen LogP contribution in [-0.2, 0) is 6.54 Å². The average molecular weight is 394 g/mol. The molecular formula is C16H20BrN5O2. The Morgan fingerprint density at radius 3 is 2.83 bits per heavy atom. The summed E-state index contributed by atoms with van der Waals surface area (Å²) >= 11 is 3.44. The third kappa shape index (κ3) is 4.12. The fraction of sp³-hybridized carbons (Fsp3) is 0.438. The van der Waals surface area contributed by atoms with Crippen LogP contribution in [0.3, 0.4) is 0 Å². The van der Waals surface area contributed by atoms with Crippen LogP contribution in [-0.4, -0.2) is 58.7 Å². The molecule has 1 aliphatic rings. The number of halogens is 1. The van der Waals surface area contributed by atoms with Gasteiger partial charge in [0, 0.05) is 42.8 Å². The minimum Gasteiger partial charge on any atom is -0.338 e. The van der Waals surface area contributed by atoms with Crippen molar-refractivity contribution in [2.24, 2.45) is 0 Å². The molecule has 0 spiro atoms. The molecule has 2 heterocycles. The maximum Gasteiger partial charge on any atom is 0.317 e. The molecule has 0 radical (unpaired) electrons. The van der Waals surface area contributed by atoms with Gasteiger partial charge >= 0.3 is 6.03 Å². The van der Waals surface area contributed by atoms with Crippen molar-refractivity contribution in [1.82, 2.24) is 25.3 Å². The predicted octanol–water partition coefficient (Wildman–Crippen LogP) is 2.35. The van der Waals surface area contributed by atoms with Gasteiger partial charge < -0.3 is 14.7 Å². The van der Waals surface area contributed by atoms with Crippen LogP contribution in [0.1, 0.15) is 12.8 Å². The molecule has 2 amide bonds. The van der Waals surface area contributed by atoms with Gasteiger partial charge in [-0.05, 0) is 19.1 Å². The van der Waals surface area contributed by atoms with Crippen molar-refractivity contribution in [1.29, 1.82) is 0 Å². The van der Waals surface area contributed by atoms with Gasteiger partial charge in [0.05, 0.1) is 6.54 Å². The first-order chi connectivity index (χ1) is 11.7. The second-order valence-corrected chi connectivity index (χ2v) is 6.54. The summed E-state index contributed by atoms with van der Waals surface area (Å²) in [4.78, 5) is 20.3. The second-order valence-electron chi connectivity index (χ2n) is 5.62. The average Bonchev–Trinajstić information content (AvgIpc) is 3.04. The summed E-state index contributed by atoms with van der Waals surface area (Å²) in [5.74, 6) is 1.18. The normalized spacial score (nSPS) is 15.5. The molecular weight excluding hydrogens is 374 g/mol. The van der Waals surface area contributed by atoms with E-state index in [1.54, 1.807) is 0 Å². The highest BCUT2D eigenvalue weighted by atomic mass is 79.9. The number of rotatable bonds is 4. The second kappa shape index (κ2) is 7.76. The van der Waals surface area contributed by atoms with E-state index in [0.717, 1.165) is 23.1 Å². The maximum atomic E-state index is 11.8. The molecule has 8 heteroatoms. The summed E-state index contributed by atoms with van der Waals surface area (Å²) < 4.78 is 6.34. The number of nitrogens with one attached hydrogen (secondary N) is 1. The predicted molar refractivity (Wildman–Crippen MR) is 93.4 cm³/mol. The lowest BCUT2D eigenvalue weighted by molar-refractivity contribution is 0.127. The Morgan fingerprint density at radius 2 is 2.12 bits per heavy atom. The Bertz CT molecular complexity index is 697. The van der Waals surface area contributed by atoms with E-state index in [1.165, 1.54) is 0 Å². The van der Waals surface area contributed by atoms with E-state index >= 15 is 0 Å². The molecule has 1 aliphatic heterocycles. The third-order valence-electron chi connectivity index (χ3n) is 3.90. The zero-order chi connectivity index (χ0) is 16.9. The summed E-state index contributed by atoms with van der Waals surface area (Å²) in [6.07, 6.45) is 0. The van der Waals surface area contributed by atoms with Gasteiger partial charge in [0.25, 0.3) is 0 Å². The zero-order valence-electron chi connectivity index (χ0n) is 13.5. The molecule has 0 unspecified atom stereocenters. The molecule has 7 nitrogen and oxygen atoms in total. The first-order valence-corrected chi connectivity index (χ1v) is 8.78. The monoisotopic (exact) mass is 393 g/mol. The number of carbonyl (C=O) groups is 1. The molecule has 1 aromatic heterocycles. The van der Waals surface area contributed by atoms with Crippen molar-refractivity contribution in [3.63, 3.8) is 0 Å². The van der Waals surface area contributed by atoms with Crippen LogP contribution in [0, 0.1) is 0 Å². The zero-order valence-corrected chi connectivity index (χ0v) is 15.1. The fourth-order valence-corrected chi connectivity index (χ4v) is 3.03. The Hall–Kier alpha value is -1.93. The molecule has 1 N–H and O–H groups in total. The lowest BCUT2D eigenvalue weighted by Crippen LogP contribution is -2.51. The Labute approximate surface area is 149 Å². The highest BCUT2D eigenvalue weighted by molar-refractivity contribution is 9.10. The Kier molecular flexibility index (Phi) is 5.47. The van der Waals surface area contributed by atoms with E-state index < -0.39 is 0 Å². The number of urea groups is 1. The maximum absolute atomic E-state index is 11.8. The van der Waals surface area contributed by atoms with Crippen molar-refractivity contribution >= 4 is 22.0 Å². The van der Waals surface area contributed by atoms with E-state index in [-0.39, 0.29) is 6.03 Å². The topological polar surface area (TPSA) is 74.5 Å². The van der Waals surface area contributed by atoms with Crippen LogP contribution in [0.2, 0.25) is 0 Å². The number of benzene rings is 1. The van der Waals surface area contributed by atoms with Crippen LogP contribution in [0.5, 0.6) is 0 Å². The van der Waals surface area contributed by atoms with Gasteiger partial charge in [-0.15, -0.1) is 0 Å². The highest BCUT2D eigenvalue weighted by Gasteiger charge is 2.22. The molecule has 3 rings (SSSR count). The van der Waals surface area contributed by atoms with Gasteiger partial charge in [-0.25, -0.2) is 4.79 Å². The minimum absolute atomic E-state index is 0.00637. The fourth-order valence-electron chi connectivity index (χ4n) is 2.63. The summed E-state index contributed by atoms with van der Waals surface area (Å²) in [5, 5.41) is 6.88. The number of piperazine rings is 1. The van der Waals surface area contributed by atoms with Crippen molar-refractivity contribution in [3.05, 3.63) is 34.6 Å². The van der Waals surface area contributed by atoms with Gasteiger partial charge in [-0.1, -0.05) is 33.2 Å². The number of amides is 2. The molecule has 0 saturated carbocycles. The molecule has 0 aliphatic carbocycles. The SMILES string of the molecule is CCNC(=O)N1CCN(Cc2nc(-c3cccc(Br)c3)no2)CC1. The van der Waals surface area contributed by atoms with Crippen molar-refractivity contribution < 1.29 is 9.32 Å². The van der Waals surface area contributed by atoms with E-state index in [1.807, 2.05) is 36.1 Å². The lowest BCUT2D eigenvalue weighted by Gasteiger charge is -2.33. The van der Waals surface area contributed by atoms with Crippen LogP contribution in [0.15, 0.2) is 33.3 Å². The summed E-state index contributed by atoms with van der Waals surface area (Å²) in [7, 11) is 0. The van der Waals surface area contributed by atoms with Gasteiger partial charge in [0.2, 0.25) is 11.7 Å². The molecule has 1 aromatic carbocycles. The van der Waals surface area contributed by atoms with Crippen LogP contribution < -0.4 is 5.32 Å². The minimum atomic E-state index is 0.00637. The number of nitrogens with zero attached hydrogens (tertiary/aromatic N) is 4. The van der Waals surface area contributed by atoms with Gasteiger partial charge in [0.15, 0.2) is 0 Å². The van der Waals surface area contributed by atoms with Crippen molar-refractivity contribution in [2.75, 3.05) is 32.7 Å². The van der Waals surface area contributed by atoms with E-state index in [2.05, 4.69) is 36.3 Å². The standard InChI is InChI=1S/C16H20BrN5O2/c1-2-18-16(23)22-8-6-21(7-9-22)11-14-19-15(20-24-14)12-4-3-5-13(17)10-12/h3-5,10H,2,6-9,11H2,1H3,(H,18,23). The quantitative estimate of drug-likeness (QED) is 0.862. The number of hydrogen-bond acceptors (Lipinski definition) is 5. The van der Waals surface area contributed by atoms with Gasteiger partial charge in [-0.3, -0.25) is 4.90 Å². The van der Waals surface area contributed by atoms with Crippen molar-refractivity contribution in [2.45, 2.75) is 13.5 Å². The number of hydrogen-bond donors (Lipinski definition) is 1. The molecule has 0 atom stereocenters. The first-order valence-electron chi connectivity index (χ1n) is 7.99. The first kappa shape index (κ1) is 16.9. The molecule has 0 bridgehead atoms. The smallest absolute Gasteiger partial charge is 0.317 e. The largest absolute Gasteiger partial charge is 0.338 e. The Balaban J connectivity index is 1.56. The third-order valence-corrected chi connectivity index (χ3v) is 4.39. The molecule has 1 saturated heterocycles. The molecule has 1 fully saturated rings. The van der Waals surface area contributed by atoms with Gasteiger partial charge in [-0.2, -0.15) is 4.98 Å². The van der Waals surface area contributed by atoms with Gasteiger partial charge in [0.1, 0.15) is 0 Å². The van der Waals surface area contributed by atoms with E-state index in [4.69, 9.17) is 4.52 Å². The molecule has 128 valence electrons. The number of aromatic nitrogens is 2. The Morgan fingerprint density at radius 1 is 1.33 bits per heavy atom. The summed E-state index contributed by atoms with van der Waals surface area (Å²) in [6, 6.07) is 7.81. The van der Waals surface area contributed by atoms with Crippen LogP contribution in [0.25, 0.3) is 11.4 Å². The van der Waals surface area contributed by atoms with Crippen LogP contribution >= 0.6 is 15.9 Å². The summed E-state index contributed by atoms with van der Waals surface area (Å²) in [6.45, 7) is 6.19. The number of carbonyl (C=O) groups excluding carboxylic acids is 1. The molecule has 24 heavy (non-hydrogen) atoms. The van der Waals surface area contributed by atoms with E-state index in [0.29, 0.717) is 37.9 Å². The highest BCUT2D eigenvalue weighted by Crippen LogP contribution is 2.20. The van der Waals surface area contributed by atoms with Crippen LogP contribution in [0.4, 0.5) is 4.79 Å². The summed E-state index contributed by atoms with van der Waals surface area (Å²) in [5.41, 5.74) is 0.917. The van der Waals surface area contributed by atoms with E-state index in [9.17, 15) is 4.79 Å². The lowest BCUT2D eigenvalue weighted by atomic mass is 10.2. The molecule has 2 aromatic rings. The van der Waals surface area contributed by atoms with Crippen molar-refractivity contribution in [3.8, 4) is 11.4 Å².